The van der Waals surface area contributed by atoms with Crippen LogP contribution in [0.4, 0.5) is 5.69 Å². The third kappa shape index (κ3) is 4.42. The van der Waals surface area contributed by atoms with Crippen LogP contribution in [0.15, 0.2) is 53.3 Å². The molecule has 0 bridgehead atoms. The molecule has 0 aliphatic carbocycles. The highest BCUT2D eigenvalue weighted by Gasteiger charge is 2.19. The molecule has 10 heteroatoms. The fourth-order valence-corrected chi connectivity index (χ4v) is 4.66. The molecule has 4 heterocycles. The molecule has 8 nitrogen and oxygen atoms in total. The Morgan fingerprint density at radius 2 is 1.86 bits per heavy atom. The minimum atomic E-state index is -0.227. The molecule has 0 aliphatic rings. The molecule has 35 heavy (non-hydrogen) atoms. The molecule has 0 aliphatic heterocycles. The van der Waals surface area contributed by atoms with E-state index >= 15 is 0 Å². The number of aryl methyl sites for hydroxylation is 2. The van der Waals surface area contributed by atoms with E-state index in [1.165, 1.54) is 0 Å². The first kappa shape index (κ1) is 23.1. The molecule has 0 fully saturated rings. The Labute approximate surface area is 211 Å². The third-order valence-corrected chi connectivity index (χ3v) is 6.46. The van der Waals surface area contributed by atoms with Gasteiger partial charge in [-0.1, -0.05) is 29.3 Å². The lowest BCUT2D eigenvalue weighted by molar-refractivity contribution is -0.116. The summed E-state index contributed by atoms with van der Waals surface area (Å²) in [4.78, 5) is 17.5. The molecular formula is C25H22Cl2N6O2. The van der Waals surface area contributed by atoms with Gasteiger partial charge in [0.2, 0.25) is 5.91 Å². The number of carbonyl (C=O) groups excluding carboxylic acids is 1. The van der Waals surface area contributed by atoms with Crippen molar-refractivity contribution in [2.45, 2.75) is 33.9 Å². The number of halogens is 2. The van der Waals surface area contributed by atoms with E-state index in [0.717, 1.165) is 33.7 Å². The van der Waals surface area contributed by atoms with E-state index in [-0.39, 0.29) is 12.5 Å². The highest BCUT2D eigenvalue weighted by atomic mass is 35.5. The van der Waals surface area contributed by atoms with Crippen LogP contribution in [0.25, 0.3) is 22.4 Å². The molecule has 178 valence electrons. The number of anilines is 1. The average Bonchev–Trinajstić information content (AvgIpc) is 3.52. The first-order valence-corrected chi connectivity index (χ1v) is 11.7. The van der Waals surface area contributed by atoms with Crippen LogP contribution in [0.3, 0.4) is 0 Å². The Hall–Kier alpha value is -3.62. The predicted octanol–water partition coefficient (Wildman–Crippen LogP) is 5.81. The first-order valence-electron chi connectivity index (χ1n) is 11.0. The van der Waals surface area contributed by atoms with Crippen LogP contribution in [0.1, 0.15) is 22.6 Å². The molecule has 4 aromatic heterocycles. The SMILES string of the molecule is Cc1nn(Cc2ccc(Cl)cc2Cl)c(C)c1NC(=O)Cn1nc(C)c2c(-c3ccco3)ccnc21. The average molecular weight is 509 g/mol. The zero-order valence-corrected chi connectivity index (χ0v) is 20.9. The minimum absolute atomic E-state index is 0.00597. The Morgan fingerprint density at radius 1 is 1.06 bits per heavy atom. The highest BCUT2D eigenvalue weighted by Crippen LogP contribution is 2.30. The molecular weight excluding hydrogens is 487 g/mol. The second-order valence-corrected chi connectivity index (χ2v) is 9.11. The monoisotopic (exact) mass is 508 g/mol. The number of nitrogens with one attached hydrogen (secondary N) is 1. The van der Waals surface area contributed by atoms with Gasteiger partial charge in [-0.25, -0.2) is 9.67 Å². The molecule has 0 atom stereocenters. The van der Waals surface area contributed by atoms with Gasteiger partial charge in [-0.2, -0.15) is 10.2 Å². The Kier molecular flexibility index (Phi) is 6.08. The van der Waals surface area contributed by atoms with Crippen molar-refractivity contribution in [1.82, 2.24) is 24.5 Å². The number of benzene rings is 1. The van der Waals surface area contributed by atoms with Gasteiger partial charge in [0.1, 0.15) is 12.3 Å². The maximum Gasteiger partial charge on any atom is 0.246 e. The zero-order valence-electron chi connectivity index (χ0n) is 19.3. The number of pyridine rings is 1. The van der Waals surface area contributed by atoms with Crippen molar-refractivity contribution in [1.29, 1.82) is 0 Å². The summed E-state index contributed by atoms with van der Waals surface area (Å²) in [6, 6.07) is 11.0. The number of furan rings is 1. The lowest BCUT2D eigenvalue weighted by Crippen LogP contribution is -2.20. The number of amides is 1. The van der Waals surface area contributed by atoms with Gasteiger partial charge in [0.25, 0.3) is 0 Å². The van der Waals surface area contributed by atoms with Gasteiger partial charge in [0, 0.05) is 21.8 Å². The maximum atomic E-state index is 13.0. The van der Waals surface area contributed by atoms with Crippen molar-refractivity contribution in [2.75, 3.05) is 5.32 Å². The minimum Gasteiger partial charge on any atom is -0.464 e. The van der Waals surface area contributed by atoms with Crippen molar-refractivity contribution in [3.05, 3.63) is 81.5 Å². The van der Waals surface area contributed by atoms with Gasteiger partial charge < -0.3 is 9.73 Å². The second kappa shape index (κ2) is 9.20. The Balaban J connectivity index is 1.38. The molecule has 1 aromatic carbocycles. The van der Waals surface area contributed by atoms with Gasteiger partial charge >= 0.3 is 0 Å². The number of hydrogen-bond acceptors (Lipinski definition) is 5. The zero-order chi connectivity index (χ0) is 24.7. The van der Waals surface area contributed by atoms with E-state index in [9.17, 15) is 4.79 Å². The van der Waals surface area contributed by atoms with Gasteiger partial charge in [-0.05, 0) is 56.7 Å². The molecule has 1 N–H and O–H groups in total. The van der Waals surface area contributed by atoms with E-state index in [4.69, 9.17) is 27.6 Å². The van der Waals surface area contributed by atoms with E-state index in [2.05, 4.69) is 20.5 Å². The number of fused-ring (bicyclic) bond motifs is 1. The summed E-state index contributed by atoms with van der Waals surface area (Å²) in [7, 11) is 0. The van der Waals surface area contributed by atoms with Crippen LogP contribution in [0.2, 0.25) is 10.0 Å². The summed E-state index contributed by atoms with van der Waals surface area (Å²) in [6.07, 6.45) is 3.32. The van der Waals surface area contributed by atoms with Crippen LogP contribution in [-0.2, 0) is 17.9 Å². The number of rotatable bonds is 6. The van der Waals surface area contributed by atoms with Gasteiger partial charge in [-0.15, -0.1) is 0 Å². The number of carbonyl (C=O) groups is 1. The Morgan fingerprint density at radius 3 is 2.60 bits per heavy atom. The summed E-state index contributed by atoms with van der Waals surface area (Å²) in [5.74, 6) is 0.499. The smallest absolute Gasteiger partial charge is 0.246 e. The molecule has 1 amide bonds. The van der Waals surface area contributed by atoms with E-state index in [0.29, 0.717) is 33.6 Å². The largest absolute Gasteiger partial charge is 0.464 e. The Bertz CT molecular complexity index is 1550. The summed E-state index contributed by atoms with van der Waals surface area (Å²) in [6.45, 7) is 6.12. The van der Waals surface area contributed by atoms with Crippen LogP contribution in [-0.4, -0.2) is 30.5 Å². The van der Waals surface area contributed by atoms with Crippen molar-refractivity contribution in [3.63, 3.8) is 0 Å². The number of aromatic nitrogens is 5. The van der Waals surface area contributed by atoms with Gasteiger partial charge in [0.15, 0.2) is 5.65 Å². The summed E-state index contributed by atoms with van der Waals surface area (Å²) < 4.78 is 8.98. The quantitative estimate of drug-likeness (QED) is 0.312. The summed E-state index contributed by atoms with van der Waals surface area (Å²) >= 11 is 12.3. The first-order chi connectivity index (χ1) is 16.8. The van der Waals surface area contributed by atoms with Crippen LogP contribution in [0, 0.1) is 20.8 Å². The molecule has 0 saturated carbocycles. The number of nitrogens with zero attached hydrogens (tertiary/aromatic N) is 5. The summed E-state index contributed by atoms with van der Waals surface area (Å²) in [5, 5.41) is 14.1. The standard InChI is InChI=1S/C25H22Cl2N6O2/c1-14-23-19(21-5-4-10-35-21)8-9-28-25(23)33(30-14)13-22(34)29-24-15(2)31-32(16(24)3)12-17-6-7-18(26)11-20(17)27/h4-11H,12-13H2,1-3H3,(H,29,34). The summed E-state index contributed by atoms with van der Waals surface area (Å²) in [5.41, 5.74) is 5.36. The van der Waals surface area contributed by atoms with E-state index in [1.54, 1.807) is 29.3 Å². The van der Waals surface area contributed by atoms with E-state index < -0.39 is 0 Å². The molecule has 0 unspecified atom stereocenters. The molecule has 5 aromatic rings. The topological polar surface area (TPSA) is 90.8 Å². The fraction of sp³-hybridized carbons (Fsp3) is 0.200. The van der Waals surface area contributed by atoms with Crippen molar-refractivity contribution >= 4 is 45.8 Å². The molecule has 0 spiro atoms. The van der Waals surface area contributed by atoms with Crippen LogP contribution in [0.5, 0.6) is 0 Å². The van der Waals surface area contributed by atoms with Crippen molar-refractivity contribution < 1.29 is 9.21 Å². The fourth-order valence-electron chi connectivity index (χ4n) is 4.19. The molecule has 0 radical (unpaired) electrons. The predicted molar refractivity (Wildman–Crippen MR) is 136 cm³/mol. The van der Waals surface area contributed by atoms with E-state index in [1.807, 2.05) is 49.7 Å². The maximum absolute atomic E-state index is 13.0. The lowest BCUT2D eigenvalue weighted by atomic mass is 10.1. The van der Waals surface area contributed by atoms with Crippen LogP contribution < -0.4 is 5.32 Å². The van der Waals surface area contributed by atoms with Crippen LogP contribution >= 0.6 is 23.2 Å². The van der Waals surface area contributed by atoms with Crippen molar-refractivity contribution in [2.24, 2.45) is 0 Å². The lowest BCUT2D eigenvalue weighted by Gasteiger charge is -2.09. The van der Waals surface area contributed by atoms with Gasteiger partial charge in [-0.3, -0.25) is 9.48 Å². The highest BCUT2D eigenvalue weighted by molar-refractivity contribution is 6.35. The van der Waals surface area contributed by atoms with Gasteiger partial charge in [0.05, 0.1) is 41.0 Å². The molecule has 5 rings (SSSR count). The second-order valence-electron chi connectivity index (χ2n) is 8.26. The molecule has 0 saturated heterocycles. The third-order valence-electron chi connectivity index (χ3n) is 5.87. The number of hydrogen-bond donors (Lipinski definition) is 1. The normalized spacial score (nSPS) is 11.3. The van der Waals surface area contributed by atoms with Crippen molar-refractivity contribution in [3.8, 4) is 11.3 Å².